The number of methoxy groups -OCH3 is 2. The van der Waals surface area contributed by atoms with Gasteiger partial charge in [0.15, 0.2) is 11.5 Å². The lowest BCUT2D eigenvalue weighted by Crippen LogP contribution is -2.24. The van der Waals surface area contributed by atoms with Gasteiger partial charge in [-0.25, -0.2) is 4.68 Å². The summed E-state index contributed by atoms with van der Waals surface area (Å²) in [6, 6.07) is 8.99. The van der Waals surface area contributed by atoms with E-state index < -0.39 is 6.36 Å². The Bertz CT molecular complexity index is 1340. The topological polar surface area (TPSA) is 67.5 Å². The number of nitrogens with zero attached hydrogens (tertiary/aromatic N) is 3. The molecule has 0 fully saturated rings. The molecular formula is C21H18F3N3O4. The minimum atomic E-state index is -4.79. The largest absolute Gasteiger partial charge is 0.573 e. The molecule has 0 bridgehead atoms. The van der Waals surface area contributed by atoms with Gasteiger partial charge in [0.05, 0.1) is 32.5 Å². The van der Waals surface area contributed by atoms with Gasteiger partial charge < -0.3 is 18.8 Å². The molecule has 4 aromatic rings. The Morgan fingerprint density at radius 1 is 1.03 bits per heavy atom. The van der Waals surface area contributed by atoms with E-state index in [2.05, 4.69) is 9.84 Å². The van der Waals surface area contributed by atoms with Crippen LogP contribution in [0.3, 0.4) is 0 Å². The lowest BCUT2D eigenvalue weighted by Gasteiger charge is -2.10. The Morgan fingerprint density at radius 2 is 1.74 bits per heavy atom. The van der Waals surface area contributed by atoms with Gasteiger partial charge in [0, 0.05) is 23.9 Å². The number of aromatic nitrogens is 3. The van der Waals surface area contributed by atoms with Crippen LogP contribution in [0.1, 0.15) is 5.56 Å². The molecule has 0 aliphatic rings. The SMILES string of the molecule is COc1cc2c3cnn(Cc4cccc(OC(F)(F)F)c4)c(=O)c3n(C)c2cc1OC. The highest BCUT2D eigenvalue weighted by Gasteiger charge is 2.31. The fourth-order valence-corrected chi connectivity index (χ4v) is 3.61. The zero-order chi connectivity index (χ0) is 22.3. The van der Waals surface area contributed by atoms with Gasteiger partial charge in [-0.05, 0) is 23.8 Å². The smallest absolute Gasteiger partial charge is 0.493 e. The van der Waals surface area contributed by atoms with E-state index in [4.69, 9.17) is 9.47 Å². The van der Waals surface area contributed by atoms with Crippen LogP contribution in [0.15, 0.2) is 47.4 Å². The third-order valence-corrected chi connectivity index (χ3v) is 4.97. The maximum absolute atomic E-state index is 13.2. The van der Waals surface area contributed by atoms with Gasteiger partial charge in [-0.15, -0.1) is 13.2 Å². The van der Waals surface area contributed by atoms with Crippen LogP contribution in [-0.2, 0) is 13.6 Å². The predicted molar refractivity (Wildman–Crippen MR) is 108 cm³/mol. The number of rotatable bonds is 5. The fourth-order valence-electron chi connectivity index (χ4n) is 3.61. The van der Waals surface area contributed by atoms with Crippen LogP contribution >= 0.6 is 0 Å². The quantitative estimate of drug-likeness (QED) is 0.478. The van der Waals surface area contributed by atoms with Gasteiger partial charge in [0.25, 0.3) is 5.56 Å². The molecule has 0 aliphatic heterocycles. The summed E-state index contributed by atoms with van der Waals surface area (Å²) in [6.07, 6.45) is -3.24. The first kappa shape index (κ1) is 20.6. The van der Waals surface area contributed by atoms with Crippen LogP contribution < -0.4 is 19.8 Å². The lowest BCUT2D eigenvalue weighted by molar-refractivity contribution is -0.274. The second-order valence-electron chi connectivity index (χ2n) is 6.85. The van der Waals surface area contributed by atoms with Crippen molar-refractivity contribution >= 4 is 21.8 Å². The van der Waals surface area contributed by atoms with E-state index in [1.165, 1.54) is 37.1 Å². The molecule has 2 heterocycles. The highest BCUT2D eigenvalue weighted by molar-refractivity contribution is 6.08. The standard InChI is InChI=1S/C21H18F3N3O4/c1-26-16-9-18(30-3)17(29-2)8-14(16)15-10-25-27(20(28)19(15)26)11-12-5-4-6-13(7-12)31-21(22,23)24/h4-10H,11H2,1-3H3. The van der Waals surface area contributed by atoms with Crippen LogP contribution in [-0.4, -0.2) is 34.9 Å². The number of fused-ring (bicyclic) bond motifs is 3. The first-order chi connectivity index (χ1) is 14.7. The van der Waals surface area contributed by atoms with Crippen molar-refractivity contribution in [1.82, 2.24) is 14.3 Å². The molecule has 7 nitrogen and oxygen atoms in total. The molecule has 0 saturated heterocycles. The fraction of sp³-hybridized carbons (Fsp3) is 0.238. The Kier molecular flexibility index (Phi) is 5.00. The summed E-state index contributed by atoms with van der Waals surface area (Å²) in [4.78, 5) is 13.2. The Labute approximate surface area is 174 Å². The number of ether oxygens (including phenoxy) is 3. The van der Waals surface area contributed by atoms with E-state index in [1.54, 1.807) is 36.0 Å². The van der Waals surface area contributed by atoms with E-state index in [0.717, 1.165) is 10.9 Å². The number of hydrogen-bond acceptors (Lipinski definition) is 5. The van der Waals surface area contributed by atoms with Crippen molar-refractivity contribution in [2.24, 2.45) is 7.05 Å². The summed E-state index contributed by atoms with van der Waals surface area (Å²) in [6.45, 7) is -0.0159. The summed E-state index contributed by atoms with van der Waals surface area (Å²) in [5.41, 5.74) is 1.22. The Balaban J connectivity index is 1.80. The van der Waals surface area contributed by atoms with E-state index in [0.29, 0.717) is 28.0 Å². The van der Waals surface area contributed by atoms with Crippen LogP contribution in [0.5, 0.6) is 17.2 Å². The van der Waals surface area contributed by atoms with Crippen molar-refractivity contribution < 1.29 is 27.4 Å². The van der Waals surface area contributed by atoms with Gasteiger partial charge in [0.1, 0.15) is 11.3 Å². The molecule has 0 aliphatic carbocycles. The average Bonchev–Trinajstić information content (AvgIpc) is 3.00. The molecule has 162 valence electrons. The summed E-state index contributed by atoms with van der Waals surface area (Å²) >= 11 is 0. The van der Waals surface area contributed by atoms with Crippen molar-refractivity contribution in [2.75, 3.05) is 14.2 Å². The molecule has 0 spiro atoms. The number of benzene rings is 2. The summed E-state index contributed by atoms with van der Waals surface area (Å²) in [7, 11) is 4.80. The molecule has 31 heavy (non-hydrogen) atoms. The van der Waals surface area contributed by atoms with Crippen molar-refractivity contribution in [3.63, 3.8) is 0 Å². The molecule has 2 aromatic heterocycles. The van der Waals surface area contributed by atoms with Gasteiger partial charge >= 0.3 is 6.36 Å². The van der Waals surface area contributed by atoms with Crippen LogP contribution in [0.2, 0.25) is 0 Å². The highest BCUT2D eigenvalue weighted by Crippen LogP contribution is 2.36. The number of hydrogen-bond donors (Lipinski definition) is 0. The normalized spacial score (nSPS) is 11.8. The number of halogens is 3. The van der Waals surface area contributed by atoms with Gasteiger partial charge in [-0.1, -0.05) is 12.1 Å². The van der Waals surface area contributed by atoms with E-state index in [1.807, 2.05) is 0 Å². The van der Waals surface area contributed by atoms with E-state index in [9.17, 15) is 18.0 Å². The van der Waals surface area contributed by atoms with Crippen molar-refractivity contribution in [3.8, 4) is 17.2 Å². The molecule has 0 radical (unpaired) electrons. The Morgan fingerprint density at radius 3 is 2.42 bits per heavy atom. The molecule has 0 amide bonds. The second kappa shape index (κ2) is 7.53. The maximum atomic E-state index is 13.2. The van der Waals surface area contributed by atoms with Crippen molar-refractivity contribution in [1.29, 1.82) is 0 Å². The van der Waals surface area contributed by atoms with Crippen LogP contribution in [0.4, 0.5) is 13.2 Å². The molecular weight excluding hydrogens is 415 g/mol. The molecule has 0 N–H and O–H groups in total. The first-order valence-corrected chi connectivity index (χ1v) is 9.16. The number of alkyl halides is 3. The van der Waals surface area contributed by atoms with Crippen molar-refractivity contribution in [3.05, 3.63) is 58.5 Å². The highest BCUT2D eigenvalue weighted by atomic mass is 19.4. The molecule has 0 saturated carbocycles. The van der Waals surface area contributed by atoms with Crippen molar-refractivity contribution in [2.45, 2.75) is 12.9 Å². The summed E-state index contributed by atoms with van der Waals surface area (Å²) < 4.78 is 55.0. The lowest BCUT2D eigenvalue weighted by atomic mass is 10.2. The van der Waals surface area contributed by atoms with Crippen LogP contribution in [0.25, 0.3) is 21.8 Å². The minimum absolute atomic E-state index is 0.0159. The van der Waals surface area contributed by atoms with E-state index in [-0.39, 0.29) is 17.9 Å². The predicted octanol–water partition coefficient (Wildman–Crippen LogP) is 3.85. The summed E-state index contributed by atoms with van der Waals surface area (Å²) in [5.74, 6) is 0.687. The average molecular weight is 433 g/mol. The zero-order valence-corrected chi connectivity index (χ0v) is 16.9. The molecule has 0 atom stereocenters. The van der Waals surface area contributed by atoms with Gasteiger partial charge in [0.2, 0.25) is 0 Å². The zero-order valence-electron chi connectivity index (χ0n) is 16.9. The molecule has 10 heteroatoms. The Hall–Kier alpha value is -3.69. The minimum Gasteiger partial charge on any atom is -0.493 e. The second-order valence-corrected chi connectivity index (χ2v) is 6.85. The number of aryl methyl sites for hydroxylation is 1. The monoisotopic (exact) mass is 433 g/mol. The van der Waals surface area contributed by atoms with Gasteiger partial charge in [-0.2, -0.15) is 5.10 Å². The van der Waals surface area contributed by atoms with Gasteiger partial charge in [-0.3, -0.25) is 4.79 Å². The molecule has 0 unspecified atom stereocenters. The van der Waals surface area contributed by atoms with Crippen LogP contribution in [0, 0.1) is 0 Å². The summed E-state index contributed by atoms with van der Waals surface area (Å²) in [5, 5.41) is 5.63. The van der Waals surface area contributed by atoms with E-state index >= 15 is 0 Å². The third kappa shape index (κ3) is 3.76. The molecule has 2 aromatic carbocycles. The maximum Gasteiger partial charge on any atom is 0.573 e. The third-order valence-electron chi connectivity index (χ3n) is 4.97. The molecule has 4 rings (SSSR count). The first-order valence-electron chi connectivity index (χ1n) is 9.16.